The predicted octanol–water partition coefficient (Wildman–Crippen LogP) is 1.89. The van der Waals surface area contributed by atoms with E-state index < -0.39 is 11.6 Å². The van der Waals surface area contributed by atoms with Crippen molar-refractivity contribution in [3.8, 4) is 5.75 Å². The Bertz CT molecular complexity index is 1030. The third-order valence-corrected chi connectivity index (χ3v) is 4.93. The molecule has 1 aliphatic rings. The van der Waals surface area contributed by atoms with E-state index in [4.69, 9.17) is 4.74 Å². The van der Waals surface area contributed by atoms with Gasteiger partial charge in [-0.05, 0) is 18.2 Å². The van der Waals surface area contributed by atoms with Gasteiger partial charge in [-0.1, -0.05) is 0 Å². The predicted molar refractivity (Wildman–Crippen MR) is 104 cm³/mol. The molecule has 158 valence electrons. The number of piperazine rings is 1. The summed E-state index contributed by atoms with van der Waals surface area (Å²) >= 11 is 0. The number of aryl methyl sites for hydroxylation is 1. The van der Waals surface area contributed by atoms with Crippen LogP contribution in [-0.4, -0.2) is 61.4 Å². The van der Waals surface area contributed by atoms with Crippen LogP contribution in [0, 0.1) is 11.6 Å². The molecule has 0 unspecified atom stereocenters. The lowest BCUT2D eigenvalue weighted by molar-refractivity contribution is 0.0620. The maximum Gasteiger partial charge on any atom is 0.274 e. The highest BCUT2D eigenvalue weighted by molar-refractivity contribution is 5.92. The molecule has 1 fully saturated rings. The van der Waals surface area contributed by atoms with Crippen molar-refractivity contribution in [2.75, 3.05) is 26.2 Å². The summed E-state index contributed by atoms with van der Waals surface area (Å²) in [7, 11) is 1.89. The summed E-state index contributed by atoms with van der Waals surface area (Å²) in [6, 6.07) is 4.69. The van der Waals surface area contributed by atoms with Crippen molar-refractivity contribution in [1.82, 2.24) is 29.4 Å². The molecule has 0 atom stereocenters. The van der Waals surface area contributed by atoms with Crippen molar-refractivity contribution < 1.29 is 18.3 Å². The minimum absolute atomic E-state index is 0.0792. The Labute approximate surface area is 172 Å². The molecule has 3 aromatic rings. The Kier molecular flexibility index (Phi) is 5.75. The Morgan fingerprint density at radius 2 is 1.97 bits per heavy atom. The summed E-state index contributed by atoms with van der Waals surface area (Å²) in [5.41, 5.74) is 1.45. The highest BCUT2D eigenvalue weighted by atomic mass is 19.1. The van der Waals surface area contributed by atoms with Gasteiger partial charge in [0, 0.05) is 63.8 Å². The van der Waals surface area contributed by atoms with Crippen LogP contribution in [-0.2, 0) is 20.3 Å². The minimum Gasteiger partial charge on any atom is -0.468 e. The molecule has 0 aliphatic carbocycles. The number of nitrogens with zero attached hydrogens (tertiary/aromatic N) is 6. The van der Waals surface area contributed by atoms with Crippen LogP contribution in [0.4, 0.5) is 8.78 Å². The van der Waals surface area contributed by atoms with Gasteiger partial charge in [-0.15, -0.1) is 0 Å². The van der Waals surface area contributed by atoms with Gasteiger partial charge in [0.1, 0.15) is 5.82 Å². The number of amides is 1. The van der Waals surface area contributed by atoms with Crippen molar-refractivity contribution in [1.29, 1.82) is 0 Å². The van der Waals surface area contributed by atoms with Crippen molar-refractivity contribution in [2.45, 2.75) is 13.3 Å². The number of carbonyl (C=O) groups excluding carboxylic acids is 1. The summed E-state index contributed by atoms with van der Waals surface area (Å²) in [5, 5.41) is 8.39. The lowest BCUT2D eigenvalue weighted by Crippen LogP contribution is -2.48. The van der Waals surface area contributed by atoms with E-state index in [2.05, 4.69) is 15.1 Å². The number of hydrogen-bond acceptors (Lipinski definition) is 5. The van der Waals surface area contributed by atoms with E-state index in [0.717, 1.165) is 37.3 Å². The van der Waals surface area contributed by atoms with Crippen molar-refractivity contribution in [3.63, 3.8) is 0 Å². The Morgan fingerprint density at radius 1 is 1.17 bits per heavy atom. The zero-order valence-corrected chi connectivity index (χ0v) is 16.5. The van der Waals surface area contributed by atoms with E-state index in [1.54, 1.807) is 21.8 Å². The molecule has 0 radical (unpaired) electrons. The number of rotatable bonds is 6. The van der Waals surface area contributed by atoms with Gasteiger partial charge < -0.3 is 9.64 Å². The van der Waals surface area contributed by atoms with Gasteiger partial charge in [-0.25, -0.2) is 13.5 Å². The lowest BCUT2D eigenvalue weighted by atomic mass is 10.2. The maximum absolute atomic E-state index is 13.6. The quantitative estimate of drug-likeness (QED) is 0.614. The van der Waals surface area contributed by atoms with Gasteiger partial charge >= 0.3 is 0 Å². The zero-order chi connectivity index (χ0) is 21.1. The molecule has 0 spiro atoms. The second-order valence-electron chi connectivity index (χ2n) is 7.18. The average molecular weight is 416 g/mol. The number of hydrogen-bond donors (Lipinski definition) is 0. The molecule has 4 rings (SSSR count). The van der Waals surface area contributed by atoms with E-state index >= 15 is 0 Å². The lowest BCUT2D eigenvalue weighted by Gasteiger charge is -2.34. The summed E-state index contributed by atoms with van der Waals surface area (Å²) < 4.78 is 35.1. The van der Waals surface area contributed by atoms with Gasteiger partial charge in [-0.3, -0.25) is 14.4 Å². The van der Waals surface area contributed by atoms with Crippen LogP contribution in [0.1, 0.15) is 16.1 Å². The highest BCUT2D eigenvalue weighted by Gasteiger charge is 2.24. The smallest absolute Gasteiger partial charge is 0.274 e. The summed E-state index contributed by atoms with van der Waals surface area (Å²) in [5.74, 6) is -1.69. The third kappa shape index (κ3) is 4.65. The van der Waals surface area contributed by atoms with Gasteiger partial charge in [0.25, 0.3) is 5.91 Å². The number of benzene rings is 1. The van der Waals surface area contributed by atoms with Crippen LogP contribution in [0.3, 0.4) is 0 Å². The van der Waals surface area contributed by atoms with E-state index in [-0.39, 0.29) is 18.4 Å². The first-order chi connectivity index (χ1) is 14.5. The number of carbonyl (C=O) groups is 1. The topological polar surface area (TPSA) is 68.4 Å². The second-order valence-corrected chi connectivity index (χ2v) is 7.18. The first-order valence-electron chi connectivity index (χ1n) is 9.58. The van der Waals surface area contributed by atoms with E-state index in [0.29, 0.717) is 18.8 Å². The van der Waals surface area contributed by atoms with Crippen LogP contribution >= 0.6 is 0 Å². The van der Waals surface area contributed by atoms with E-state index in [1.807, 2.05) is 19.4 Å². The summed E-state index contributed by atoms with van der Waals surface area (Å²) in [6.07, 6.45) is 5.43. The number of ether oxygens (including phenoxy) is 1. The van der Waals surface area contributed by atoms with Crippen LogP contribution in [0.5, 0.6) is 5.75 Å². The molecule has 8 nitrogen and oxygen atoms in total. The maximum atomic E-state index is 13.6. The fourth-order valence-corrected chi connectivity index (χ4v) is 3.36. The van der Waals surface area contributed by atoms with Crippen LogP contribution < -0.4 is 4.74 Å². The SMILES string of the molecule is Cn1cc(CN2CCN(C(=O)c3ccn(COc4ccc(F)cc4F)n3)CC2)cn1. The zero-order valence-electron chi connectivity index (χ0n) is 16.5. The number of aromatic nitrogens is 4. The first-order valence-corrected chi connectivity index (χ1v) is 9.58. The molecule has 10 heteroatoms. The van der Waals surface area contributed by atoms with Crippen molar-refractivity contribution in [2.24, 2.45) is 7.05 Å². The molecule has 3 heterocycles. The Hall–Kier alpha value is -3.27. The molecule has 1 aromatic carbocycles. The molecule has 0 N–H and O–H groups in total. The van der Waals surface area contributed by atoms with Crippen LogP contribution in [0.15, 0.2) is 42.9 Å². The molecule has 0 saturated carbocycles. The molecule has 1 saturated heterocycles. The standard InChI is InChI=1S/C20H22F2N6O2/c1-25-12-15(11-23-25)13-26-6-8-27(9-7-26)20(29)18-4-5-28(24-18)14-30-19-3-2-16(21)10-17(19)22/h2-5,10-12H,6-9,13-14H2,1H3. The normalized spacial score (nSPS) is 14.8. The van der Waals surface area contributed by atoms with Gasteiger partial charge in [0.15, 0.2) is 24.0 Å². The first kappa shape index (κ1) is 20.0. The van der Waals surface area contributed by atoms with Crippen LogP contribution in [0.25, 0.3) is 0 Å². The fraction of sp³-hybridized carbons (Fsp3) is 0.350. The van der Waals surface area contributed by atoms with Gasteiger partial charge in [-0.2, -0.15) is 10.2 Å². The van der Waals surface area contributed by atoms with E-state index in [1.165, 1.54) is 10.7 Å². The summed E-state index contributed by atoms with van der Waals surface area (Å²) in [6.45, 7) is 3.49. The largest absolute Gasteiger partial charge is 0.468 e. The number of halogens is 2. The second kappa shape index (κ2) is 8.62. The van der Waals surface area contributed by atoms with Crippen molar-refractivity contribution in [3.05, 3.63) is 65.7 Å². The third-order valence-electron chi connectivity index (χ3n) is 4.93. The Morgan fingerprint density at radius 3 is 2.67 bits per heavy atom. The molecular formula is C20H22F2N6O2. The molecule has 1 aliphatic heterocycles. The van der Waals surface area contributed by atoms with Crippen molar-refractivity contribution >= 4 is 5.91 Å². The van der Waals surface area contributed by atoms with Gasteiger partial charge in [0.05, 0.1) is 6.20 Å². The molecule has 0 bridgehead atoms. The molecule has 2 aromatic heterocycles. The molecule has 1 amide bonds. The highest BCUT2D eigenvalue weighted by Crippen LogP contribution is 2.18. The molecular weight excluding hydrogens is 394 g/mol. The minimum atomic E-state index is -0.789. The van der Waals surface area contributed by atoms with Gasteiger partial charge in [0.2, 0.25) is 0 Å². The van der Waals surface area contributed by atoms with Crippen LogP contribution in [0.2, 0.25) is 0 Å². The monoisotopic (exact) mass is 416 g/mol. The average Bonchev–Trinajstić information content (AvgIpc) is 3.36. The molecule has 30 heavy (non-hydrogen) atoms. The van der Waals surface area contributed by atoms with E-state index in [9.17, 15) is 13.6 Å². The Balaban J connectivity index is 1.28. The fourth-order valence-electron chi connectivity index (χ4n) is 3.36. The summed E-state index contributed by atoms with van der Waals surface area (Å²) in [4.78, 5) is 16.8.